The van der Waals surface area contributed by atoms with Gasteiger partial charge in [0.15, 0.2) is 0 Å². The van der Waals surface area contributed by atoms with Crippen molar-refractivity contribution in [1.82, 2.24) is 15.1 Å². The van der Waals surface area contributed by atoms with E-state index in [-0.39, 0.29) is 11.9 Å². The van der Waals surface area contributed by atoms with Crippen LogP contribution in [0.25, 0.3) is 0 Å². The molecule has 0 aliphatic heterocycles. The summed E-state index contributed by atoms with van der Waals surface area (Å²) in [6.07, 6.45) is 2.83. The molecule has 2 aromatic rings. The summed E-state index contributed by atoms with van der Waals surface area (Å²) in [5, 5.41) is 7.71. The average molecular weight is 247 g/mol. The Morgan fingerprint density at radius 1 is 1.39 bits per heavy atom. The zero-order valence-electron chi connectivity index (χ0n) is 10.7. The van der Waals surface area contributed by atoms with Crippen LogP contribution >= 0.6 is 0 Å². The van der Waals surface area contributed by atoms with E-state index in [0.29, 0.717) is 6.54 Å². The molecule has 4 heteroatoms. The van der Waals surface area contributed by atoms with Gasteiger partial charge in [0.25, 0.3) is 0 Å². The number of benzene rings is 1. The molecule has 0 spiro atoms. The highest BCUT2D eigenvalue weighted by Gasteiger charge is 2.09. The highest BCUT2D eigenvalue weighted by molar-refractivity contribution is 5.20. The summed E-state index contributed by atoms with van der Waals surface area (Å²) in [5.41, 5.74) is 1.97. The monoisotopic (exact) mass is 247 g/mol. The zero-order valence-corrected chi connectivity index (χ0v) is 10.7. The average Bonchev–Trinajstić information content (AvgIpc) is 2.76. The molecular weight excluding hydrogens is 229 g/mol. The molecule has 0 radical (unpaired) electrons. The molecule has 0 amide bonds. The lowest BCUT2D eigenvalue weighted by atomic mass is 10.0. The molecule has 1 atom stereocenters. The molecule has 0 saturated heterocycles. The van der Waals surface area contributed by atoms with E-state index in [1.165, 1.54) is 6.07 Å². The van der Waals surface area contributed by atoms with Gasteiger partial charge < -0.3 is 5.32 Å². The first-order valence-corrected chi connectivity index (χ1v) is 6.16. The van der Waals surface area contributed by atoms with Crippen LogP contribution in [0.5, 0.6) is 0 Å². The predicted octanol–water partition coefficient (Wildman–Crippen LogP) is 2.80. The van der Waals surface area contributed by atoms with Crippen molar-refractivity contribution in [3.63, 3.8) is 0 Å². The van der Waals surface area contributed by atoms with Crippen LogP contribution in [-0.2, 0) is 13.6 Å². The molecule has 0 fully saturated rings. The summed E-state index contributed by atoms with van der Waals surface area (Å²) in [6, 6.07) is 8.88. The molecule has 1 heterocycles. The number of nitrogens with zero attached hydrogens (tertiary/aromatic N) is 2. The molecule has 1 aromatic carbocycles. The first kappa shape index (κ1) is 12.8. The molecule has 0 aliphatic rings. The summed E-state index contributed by atoms with van der Waals surface area (Å²) in [7, 11) is 1.90. The molecule has 1 aromatic heterocycles. The fourth-order valence-corrected chi connectivity index (χ4v) is 2.01. The molecule has 0 aliphatic carbocycles. The minimum Gasteiger partial charge on any atom is -0.304 e. The molecule has 0 saturated carbocycles. The lowest BCUT2D eigenvalue weighted by Crippen LogP contribution is -2.20. The van der Waals surface area contributed by atoms with Gasteiger partial charge in [0, 0.05) is 25.8 Å². The second-order valence-electron chi connectivity index (χ2n) is 4.38. The van der Waals surface area contributed by atoms with Crippen LogP contribution in [0.2, 0.25) is 0 Å². The Morgan fingerprint density at radius 3 is 2.83 bits per heavy atom. The smallest absolute Gasteiger partial charge is 0.123 e. The fraction of sp³-hybridized carbons (Fsp3) is 0.357. The second-order valence-corrected chi connectivity index (χ2v) is 4.38. The van der Waals surface area contributed by atoms with Crippen LogP contribution in [0.1, 0.15) is 30.6 Å². The third-order valence-electron chi connectivity index (χ3n) is 2.96. The number of hydrogen-bond donors (Lipinski definition) is 1. The van der Waals surface area contributed by atoms with Crippen LogP contribution in [0.15, 0.2) is 36.5 Å². The Balaban J connectivity index is 2.01. The number of hydrogen-bond acceptors (Lipinski definition) is 2. The minimum atomic E-state index is -0.189. The summed E-state index contributed by atoms with van der Waals surface area (Å²) in [5.74, 6) is -0.189. The Hall–Kier alpha value is -1.68. The third kappa shape index (κ3) is 3.17. The van der Waals surface area contributed by atoms with Crippen molar-refractivity contribution in [1.29, 1.82) is 0 Å². The Kier molecular flexibility index (Phi) is 4.10. The van der Waals surface area contributed by atoms with Crippen LogP contribution in [0, 0.1) is 5.82 Å². The summed E-state index contributed by atoms with van der Waals surface area (Å²) >= 11 is 0. The summed E-state index contributed by atoms with van der Waals surface area (Å²) in [4.78, 5) is 0. The van der Waals surface area contributed by atoms with E-state index in [4.69, 9.17) is 0 Å². The first-order valence-electron chi connectivity index (χ1n) is 6.16. The highest BCUT2D eigenvalue weighted by Crippen LogP contribution is 2.17. The van der Waals surface area contributed by atoms with Crippen molar-refractivity contribution >= 4 is 0 Å². The molecular formula is C14H18FN3. The fourth-order valence-electron chi connectivity index (χ4n) is 2.01. The number of aryl methyl sites for hydroxylation is 1. The molecule has 96 valence electrons. The normalized spacial score (nSPS) is 12.6. The van der Waals surface area contributed by atoms with E-state index in [1.807, 2.05) is 25.4 Å². The van der Waals surface area contributed by atoms with Gasteiger partial charge in [-0.2, -0.15) is 5.10 Å². The standard InChI is InChI=1S/C14H18FN3/c1-3-14(11-5-4-6-12(15)9-11)16-10-13-7-8-18(2)17-13/h4-9,14,16H,3,10H2,1-2H3. The van der Waals surface area contributed by atoms with Gasteiger partial charge in [-0.25, -0.2) is 4.39 Å². The van der Waals surface area contributed by atoms with Gasteiger partial charge in [0.1, 0.15) is 5.82 Å². The number of nitrogens with one attached hydrogen (secondary N) is 1. The molecule has 1 N–H and O–H groups in total. The van der Waals surface area contributed by atoms with Crippen molar-refractivity contribution in [2.75, 3.05) is 0 Å². The molecule has 2 rings (SSSR count). The van der Waals surface area contributed by atoms with Gasteiger partial charge >= 0.3 is 0 Å². The van der Waals surface area contributed by atoms with Crippen molar-refractivity contribution < 1.29 is 4.39 Å². The maximum Gasteiger partial charge on any atom is 0.123 e. The SMILES string of the molecule is CCC(NCc1ccn(C)n1)c1cccc(F)c1. The van der Waals surface area contributed by atoms with Crippen molar-refractivity contribution in [3.8, 4) is 0 Å². The van der Waals surface area contributed by atoms with E-state index in [9.17, 15) is 4.39 Å². The maximum absolute atomic E-state index is 13.2. The minimum absolute atomic E-state index is 0.155. The van der Waals surface area contributed by atoms with Gasteiger partial charge in [0.05, 0.1) is 5.69 Å². The van der Waals surface area contributed by atoms with Crippen LogP contribution in [0.3, 0.4) is 0 Å². The van der Waals surface area contributed by atoms with Crippen LogP contribution in [0.4, 0.5) is 4.39 Å². The molecule has 3 nitrogen and oxygen atoms in total. The Bertz CT molecular complexity index is 507. The summed E-state index contributed by atoms with van der Waals surface area (Å²) < 4.78 is 15.0. The topological polar surface area (TPSA) is 29.9 Å². The van der Waals surface area contributed by atoms with Gasteiger partial charge in [0.2, 0.25) is 0 Å². The third-order valence-corrected chi connectivity index (χ3v) is 2.96. The Labute approximate surface area is 107 Å². The van der Waals surface area contributed by atoms with E-state index in [2.05, 4.69) is 17.3 Å². The van der Waals surface area contributed by atoms with Crippen LogP contribution in [-0.4, -0.2) is 9.78 Å². The van der Waals surface area contributed by atoms with E-state index in [1.54, 1.807) is 16.8 Å². The first-order chi connectivity index (χ1) is 8.69. The number of aromatic nitrogens is 2. The van der Waals surface area contributed by atoms with Gasteiger partial charge in [-0.1, -0.05) is 19.1 Å². The van der Waals surface area contributed by atoms with Gasteiger partial charge in [-0.05, 0) is 30.2 Å². The van der Waals surface area contributed by atoms with E-state index < -0.39 is 0 Å². The number of halogens is 1. The quantitative estimate of drug-likeness (QED) is 0.880. The van der Waals surface area contributed by atoms with Crippen molar-refractivity contribution in [3.05, 3.63) is 53.6 Å². The summed E-state index contributed by atoms with van der Waals surface area (Å²) in [6.45, 7) is 2.77. The predicted molar refractivity (Wildman–Crippen MR) is 69.5 cm³/mol. The van der Waals surface area contributed by atoms with E-state index >= 15 is 0 Å². The highest BCUT2D eigenvalue weighted by atomic mass is 19.1. The van der Waals surface area contributed by atoms with Crippen molar-refractivity contribution in [2.24, 2.45) is 7.05 Å². The van der Waals surface area contributed by atoms with Crippen LogP contribution < -0.4 is 5.32 Å². The van der Waals surface area contributed by atoms with Gasteiger partial charge in [-0.3, -0.25) is 4.68 Å². The zero-order chi connectivity index (χ0) is 13.0. The molecule has 0 bridgehead atoms. The molecule has 18 heavy (non-hydrogen) atoms. The van der Waals surface area contributed by atoms with Crippen molar-refractivity contribution in [2.45, 2.75) is 25.9 Å². The van der Waals surface area contributed by atoms with Gasteiger partial charge in [-0.15, -0.1) is 0 Å². The second kappa shape index (κ2) is 5.78. The lowest BCUT2D eigenvalue weighted by molar-refractivity contribution is 0.507. The maximum atomic E-state index is 13.2. The van der Waals surface area contributed by atoms with E-state index in [0.717, 1.165) is 17.7 Å². The number of rotatable bonds is 5. The Morgan fingerprint density at radius 2 is 2.22 bits per heavy atom. The lowest BCUT2D eigenvalue weighted by Gasteiger charge is -2.16. The largest absolute Gasteiger partial charge is 0.304 e. The molecule has 1 unspecified atom stereocenters.